The van der Waals surface area contributed by atoms with Gasteiger partial charge >= 0.3 is 0 Å². The van der Waals surface area contributed by atoms with Crippen LogP contribution in [0.1, 0.15) is 35.6 Å². The molecule has 0 radical (unpaired) electrons. The molecule has 1 aliphatic heterocycles. The van der Waals surface area contributed by atoms with Gasteiger partial charge in [0.25, 0.3) is 0 Å². The average Bonchev–Trinajstić information content (AvgIpc) is 3.36. The topological polar surface area (TPSA) is 91.4 Å². The Morgan fingerprint density at radius 1 is 1.16 bits per heavy atom. The first-order valence-electron chi connectivity index (χ1n) is 10.4. The monoisotopic (exact) mass is 431 g/mol. The predicted octanol–water partition coefficient (Wildman–Crippen LogP) is 3.19. The summed E-state index contributed by atoms with van der Waals surface area (Å²) in [7, 11) is 3.55. The predicted molar refractivity (Wildman–Crippen MR) is 121 cm³/mol. The molecule has 4 aromatic rings. The number of methoxy groups -OCH3 is 1. The smallest absolute Gasteiger partial charge is 0.238 e. The summed E-state index contributed by atoms with van der Waals surface area (Å²) in [5.41, 5.74) is 5.51. The summed E-state index contributed by atoms with van der Waals surface area (Å²) in [6.45, 7) is 6.00. The zero-order valence-corrected chi connectivity index (χ0v) is 18.7. The van der Waals surface area contributed by atoms with Gasteiger partial charge in [-0.1, -0.05) is 16.8 Å². The van der Waals surface area contributed by atoms with Crippen LogP contribution in [0, 0.1) is 13.8 Å². The summed E-state index contributed by atoms with van der Waals surface area (Å²) in [4.78, 5) is 14.7. The number of imidazole rings is 1. The Kier molecular flexibility index (Phi) is 4.80. The molecule has 4 heterocycles. The molecule has 0 saturated heterocycles. The molecular weight excluding hydrogens is 406 g/mol. The molecule has 5 rings (SSSR count). The Balaban J connectivity index is 1.50. The number of benzene rings is 1. The molecule has 9 heteroatoms. The van der Waals surface area contributed by atoms with Gasteiger partial charge in [-0.15, -0.1) is 0 Å². The van der Waals surface area contributed by atoms with Gasteiger partial charge < -0.3 is 19.5 Å². The summed E-state index contributed by atoms with van der Waals surface area (Å²) >= 11 is 0. The summed E-state index contributed by atoms with van der Waals surface area (Å²) in [6, 6.07) is 9.97. The highest BCUT2D eigenvalue weighted by Crippen LogP contribution is 2.30. The van der Waals surface area contributed by atoms with Gasteiger partial charge in [0.1, 0.15) is 17.4 Å². The summed E-state index contributed by atoms with van der Waals surface area (Å²) in [6.07, 6.45) is 3.46. The molecule has 2 unspecified atom stereocenters. The van der Waals surface area contributed by atoms with Crippen LogP contribution in [0.4, 0.5) is 0 Å². The molecule has 2 atom stereocenters. The molecular formula is C23H25N7O2. The molecule has 1 aliphatic rings. The summed E-state index contributed by atoms with van der Waals surface area (Å²) < 4.78 is 9.32. The Morgan fingerprint density at radius 3 is 2.75 bits per heavy atom. The van der Waals surface area contributed by atoms with Gasteiger partial charge in [-0.05, 0) is 45.0 Å². The molecule has 1 N–H and O–H groups in total. The van der Waals surface area contributed by atoms with Crippen LogP contribution in [0.5, 0.6) is 5.88 Å². The van der Waals surface area contributed by atoms with Crippen LogP contribution in [-0.2, 0) is 11.9 Å². The number of aromatic nitrogens is 5. The second-order valence-corrected chi connectivity index (χ2v) is 8.05. The van der Waals surface area contributed by atoms with Crippen LogP contribution >= 0.6 is 0 Å². The van der Waals surface area contributed by atoms with Crippen molar-refractivity contribution in [1.82, 2.24) is 29.6 Å². The largest absolute Gasteiger partial charge is 0.479 e. The SMILES string of the molecule is COc1nc(C2=NOC(C)C(c3nn(C)c4ccc(C)cc34)N2)ccc1-n1cnc(C)c1. The van der Waals surface area contributed by atoms with Crippen molar-refractivity contribution >= 4 is 16.7 Å². The first-order valence-corrected chi connectivity index (χ1v) is 10.4. The van der Waals surface area contributed by atoms with Crippen molar-refractivity contribution in [2.24, 2.45) is 12.2 Å². The van der Waals surface area contributed by atoms with E-state index >= 15 is 0 Å². The zero-order valence-electron chi connectivity index (χ0n) is 18.7. The van der Waals surface area contributed by atoms with E-state index in [2.05, 4.69) is 45.6 Å². The highest BCUT2D eigenvalue weighted by molar-refractivity contribution is 5.98. The minimum Gasteiger partial charge on any atom is -0.479 e. The molecule has 0 aliphatic carbocycles. The molecule has 3 aromatic heterocycles. The first-order chi connectivity index (χ1) is 15.4. The normalized spacial score (nSPS) is 18.2. The maximum absolute atomic E-state index is 5.77. The third kappa shape index (κ3) is 3.35. The van der Waals surface area contributed by atoms with E-state index in [-0.39, 0.29) is 12.1 Å². The molecule has 0 saturated carbocycles. The number of hydrogen-bond donors (Lipinski definition) is 1. The van der Waals surface area contributed by atoms with Gasteiger partial charge in [0, 0.05) is 18.6 Å². The van der Waals surface area contributed by atoms with E-state index in [0.29, 0.717) is 17.4 Å². The zero-order chi connectivity index (χ0) is 22.4. The van der Waals surface area contributed by atoms with E-state index in [1.54, 1.807) is 13.4 Å². The number of oxime groups is 1. The third-order valence-electron chi connectivity index (χ3n) is 5.67. The molecule has 164 valence electrons. The van der Waals surface area contributed by atoms with Gasteiger partial charge in [-0.2, -0.15) is 5.10 Å². The van der Waals surface area contributed by atoms with Crippen LogP contribution in [0.2, 0.25) is 0 Å². The van der Waals surface area contributed by atoms with E-state index in [9.17, 15) is 0 Å². The molecule has 0 bridgehead atoms. The van der Waals surface area contributed by atoms with Gasteiger partial charge in [0.2, 0.25) is 5.88 Å². The van der Waals surface area contributed by atoms with E-state index in [0.717, 1.165) is 28.0 Å². The standard InChI is InChI=1S/C23H25N7O2/c1-13-6-8-18-16(10-13)21(27-29(18)4)20-15(3)32-28-22(26-20)17-7-9-19(23(25-17)31-5)30-11-14(2)24-12-30/h6-12,15,20H,1-5H3,(H,26,28). The molecule has 0 amide bonds. The highest BCUT2D eigenvalue weighted by Gasteiger charge is 2.31. The number of hydrogen-bond acceptors (Lipinski definition) is 7. The maximum atomic E-state index is 5.77. The van der Waals surface area contributed by atoms with E-state index < -0.39 is 0 Å². The molecule has 0 spiro atoms. The number of nitrogens with one attached hydrogen (secondary N) is 1. The number of aryl methyl sites for hydroxylation is 3. The lowest BCUT2D eigenvalue weighted by molar-refractivity contribution is 0.0333. The summed E-state index contributed by atoms with van der Waals surface area (Å²) in [5.74, 6) is 1.00. The van der Waals surface area contributed by atoms with Crippen LogP contribution in [0.25, 0.3) is 16.6 Å². The second kappa shape index (κ2) is 7.67. The second-order valence-electron chi connectivity index (χ2n) is 8.05. The van der Waals surface area contributed by atoms with Crippen molar-refractivity contribution in [3.05, 3.63) is 65.5 Å². The number of pyridine rings is 1. The van der Waals surface area contributed by atoms with Crippen molar-refractivity contribution in [2.45, 2.75) is 32.9 Å². The van der Waals surface area contributed by atoms with Crippen LogP contribution < -0.4 is 10.1 Å². The minimum absolute atomic E-state index is 0.184. The number of fused-ring (bicyclic) bond motifs is 1. The van der Waals surface area contributed by atoms with E-state index in [4.69, 9.17) is 14.7 Å². The summed E-state index contributed by atoms with van der Waals surface area (Å²) in [5, 5.41) is 13.6. The van der Waals surface area contributed by atoms with Gasteiger partial charge in [-0.3, -0.25) is 4.68 Å². The quantitative estimate of drug-likeness (QED) is 0.534. The first kappa shape index (κ1) is 20.0. The Bertz CT molecular complexity index is 1340. The number of rotatable bonds is 4. The molecule has 1 aromatic carbocycles. The number of nitrogens with zero attached hydrogens (tertiary/aromatic N) is 6. The molecule has 0 fully saturated rings. The van der Waals surface area contributed by atoms with Crippen molar-refractivity contribution in [3.63, 3.8) is 0 Å². The van der Waals surface area contributed by atoms with E-state index in [1.807, 2.05) is 48.5 Å². The lowest BCUT2D eigenvalue weighted by atomic mass is 10.0. The van der Waals surface area contributed by atoms with Crippen molar-refractivity contribution in [3.8, 4) is 11.6 Å². The average molecular weight is 432 g/mol. The minimum atomic E-state index is -0.201. The number of ether oxygens (including phenoxy) is 1. The van der Waals surface area contributed by atoms with Crippen molar-refractivity contribution in [1.29, 1.82) is 0 Å². The Hall–Kier alpha value is -3.88. The lowest BCUT2D eigenvalue weighted by Gasteiger charge is -2.28. The third-order valence-corrected chi connectivity index (χ3v) is 5.67. The van der Waals surface area contributed by atoms with Crippen molar-refractivity contribution in [2.75, 3.05) is 7.11 Å². The van der Waals surface area contributed by atoms with Crippen LogP contribution in [0.15, 0.2) is 48.0 Å². The van der Waals surface area contributed by atoms with Gasteiger partial charge in [0.05, 0.1) is 30.3 Å². The van der Waals surface area contributed by atoms with Gasteiger partial charge in [0.15, 0.2) is 11.9 Å². The van der Waals surface area contributed by atoms with Crippen LogP contribution in [-0.4, -0.2) is 43.4 Å². The van der Waals surface area contributed by atoms with Gasteiger partial charge in [-0.25, -0.2) is 9.97 Å². The fourth-order valence-corrected chi connectivity index (χ4v) is 4.00. The lowest BCUT2D eigenvalue weighted by Crippen LogP contribution is -2.41. The number of amidine groups is 1. The van der Waals surface area contributed by atoms with Crippen molar-refractivity contribution < 1.29 is 9.57 Å². The Morgan fingerprint density at radius 2 is 2.00 bits per heavy atom. The Labute approximate surface area is 185 Å². The molecule has 32 heavy (non-hydrogen) atoms. The van der Waals surface area contributed by atoms with E-state index in [1.165, 1.54) is 5.56 Å². The van der Waals surface area contributed by atoms with Crippen LogP contribution in [0.3, 0.4) is 0 Å². The maximum Gasteiger partial charge on any atom is 0.238 e. The molecule has 9 nitrogen and oxygen atoms in total. The fourth-order valence-electron chi connectivity index (χ4n) is 4.00. The fraction of sp³-hybridized carbons (Fsp3) is 0.304. The highest BCUT2D eigenvalue weighted by atomic mass is 16.6.